The van der Waals surface area contributed by atoms with E-state index in [0.29, 0.717) is 40.0 Å². The summed E-state index contributed by atoms with van der Waals surface area (Å²) in [6.45, 7) is 5.39. The number of nitrogen functional groups attached to an aromatic ring is 1. The van der Waals surface area contributed by atoms with Gasteiger partial charge in [-0.2, -0.15) is 0 Å². The molecule has 0 amide bonds. The number of aromatic amines is 1. The number of carbonyl (C=O) groups excluding carboxylic acids is 1. The Morgan fingerprint density at radius 1 is 1.28 bits per heavy atom. The van der Waals surface area contributed by atoms with Gasteiger partial charge in [-0.05, 0) is 39.1 Å². The minimum atomic E-state index is -0.572. The predicted octanol–water partition coefficient (Wildman–Crippen LogP) is 3.52. The van der Waals surface area contributed by atoms with Crippen molar-refractivity contribution in [2.45, 2.75) is 32.8 Å². The van der Waals surface area contributed by atoms with Crippen LogP contribution in [0.2, 0.25) is 0 Å². The molecule has 3 rings (SSSR count). The van der Waals surface area contributed by atoms with Crippen LogP contribution in [0.25, 0.3) is 0 Å². The number of allylic oxidation sites excluding steroid dienone is 1. The van der Waals surface area contributed by atoms with Gasteiger partial charge in [-0.15, -0.1) is 0 Å². The first kappa shape index (κ1) is 20.7. The molecule has 1 atom stereocenters. The second-order valence-corrected chi connectivity index (χ2v) is 7.26. The maximum absolute atomic E-state index is 13.0. The summed E-state index contributed by atoms with van der Waals surface area (Å²) in [7, 11) is 3.13. The van der Waals surface area contributed by atoms with E-state index in [-0.39, 0.29) is 10.9 Å². The van der Waals surface area contributed by atoms with Crippen LogP contribution >= 0.6 is 12.2 Å². The average molecular weight is 417 g/mol. The molecule has 2 aromatic rings. The second-order valence-electron chi connectivity index (χ2n) is 6.88. The Morgan fingerprint density at radius 2 is 2.00 bits per heavy atom. The van der Waals surface area contributed by atoms with Crippen molar-refractivity contribution in [3.05, 3.63) is 45.4 Å². The van der Waals surface area contributed by atoms with Gasteiger partial charge in [-0.3, -0.25) is 0 Å². The molecular formula is C20H24N4O4S. The lowest BCUT2D eigenvalue weighted by molar-refractivity contribution is -0.142. The van der Waals surface area contributed by atoms with E-state index in [1.807, 2.05) is 6.07 Å². The number of hydrogen-bond acceptors (Lipinski definition) is 8. The van der Waals surface area contributed by atoms with Crippen LogP contribution in [0.3, 0.4) is 0 Å². The van der Waals surface area contributed by atoms with Crippen LogP contribution in [0.15, 0.2) is 29.5 Å². The Bertz CT molecular complexity index is 1050. The zero-order valence-corrected chi connectivity index (χ0v) is 17.8. The van der Waals surface area contributed by atoms with Crippen LogP contribution in [0.5, 0.6) is 11.5 Å². The van der Waals surface area contributed by atoms with Gasteiger partial charge >= 0.3 is 5.97 Å². The number of ether oxygens (including phenoxy) is 3. The average Bonchev–Trinajstić information content (AvgIpc) is 2.65. The molecule has 0 bridgehead atoms. The minimum Gasteiger partial charge on any atom is -0.497 e. The van der Waals surface area contributed by atoms with Crippen molar-refractivity contribution in [2.75, 3.05) is 25.3 Å². The second kappa shape index (κ2) is 8.12. The number of aromatic nitrogens is 2. The van der Waals surface area contributed by atoms with Crippen LogP contribution in [-0.4, -0.2) is 36.3 Å². The molecule has 1 aliphatic rings. The van der Waals surface area contributed by atoms with Crippen molar-refractivity contribution < 1.29 is 19.0 Å². The fourth-order valence-corrected chi connectivity index (χ4v) is 3.61. The molecule has 154 valence electrons. The van der Waals surface area contributed by atoms with Crippen LogP contribution in [-0.2, 0) is 9.53 Å². The van der Waals surface area contributed by atoms with E-state index in [9.17, 15) is 4.79 Å². The standard InChI is InChI=1S/C20H24N4O4S/c1-9(2)28-19(25)14-10(3)22-18-16(17(21)23-20(29)24-18)15(14)12-7-6-11(26-4)8-13(12)27-5/h6-9,15H,1-5H3,(H4,21,22,23,24,29). The molecule has 1 aromatic heterocycles. The number of nitrogens with zero attached hydrogens (tertiary/aromatic N) is 1. The molecule has 0 spiro atoms. The lowest BCUT2D eigenvalue weighted by atomic mass is 9.81. The van der Waals surface area contributed by atoms with E-state index >= 15 is 0 Å². The van der Waals surface area contributed by atoms with Gasteiger partial charge in [0.25, 0.3) is 0 Å². The summed E-state index contributed by atoms with van der Waals surface area (Å²) in [5, 5.41) is 3.14. The van der Waals surface area contributed by atoms with Gasteiger partial charge in [0.1, 0.15) is 23.1 Å². The number of rotatable bonds is 5. The topological polar surface area (TPSA) is 111 Å². The molecule has 1 aromatic carbocycles. The highest BCUT2D eigenvalue weighted by atomic mass is 32.1. The third kappa shape index (κ3) is 3.91. The Morgan fingerprint density at radius 3 is 2.62 bits per heavy atom. The lowest BCUT2D eigenvalue weighted by Gasteiger charge is -2.31. The lowest BCUT2D eigenvalue weighted by Crippen LogP contribution is -2.28. The van der Waals surface area contributed by atoms with Crippen LogP contribution in [0, 0.1) is 4.77 Å². The van der Waals surface area contributed by atoms with Crippen molar-refractivity contribution in [1.29, 1.82) is 0 Å². The minimum absolute atomic E-state index is 0.246. The Kier molecular flexibility index (Phi) is 5.78. The monoisotopic (exact) mass is 416 g/mol. The molecule has 2 heterocycles. The van der Waals surface area contributed by atoms with Crippen molar-refractivity contribution in [3.8, 4) is 11.5 Å². The quantitative estimate of drug-likeness (QED) is 0.501. The molecule has 0 saturated heterocycles. The van der Waals surface area contributed by atoms with E-state index in [2.05, 4.69) is 15.3 Å². The normalized spacial score (nSPS) is 15.6. The number of benzene rings is 1. The molecule has 0 saturated carbocycles. The molecule has 1 aliphatic heterocycles. The first-order valence-electron chi connectivity index (χ1n) is 9.07. The van der Waals surface area contributed by atoms with Crippen LogP contribution < -0.4 is 20.5 Å². The van der Waals surface area contributed by atoms with Crippen molar-refractivity contribution >= 4 is 29.8 Å². The molecule has 1 unspecified atom stereocenters. The number of nitrogens with two attached hydrogens (primary N) is 1. The smallest absolute Gasteiger partial charge is 0.337 e. The largest absolute Gasteiger partial charge is 0.497 e. The Hall–Kier alpha value is -3.07. The van der Waals surface area contributed by atoms with Crippen molar-refractivity contribution in [2.24, 2.45) is 0 Å². The third-order valence-electron chi connectivity index (χ3n) is 4.60. The number of nitrogens with one attached hydrogen (secondary N) is 2. The van der Waals surface area contributed by atoms with E-state index in [1.165, 1.54) is 0 Å². The highest BCUT2D eigenvalue weighted by Gasteiger charge is 2.37. The first-order chi connectivity index (χ1) is 13.8. The van der Waals surface area contributed by atoms with Crippen molar-refractivity contribution in [1.82, 2.24) is 9.97 Å². The Balaban J connectivity index is 2.30. The SMILES string of the molecule is COc1ccc(C2C(C(=O)OC(C)C)=C(C)Nc3nc(=S)[nH]c(N)c32)c(OC)c1. The summed E-state index contributed by atoms with van der Waals surface area (Å²) >= 11 is 5.16. The molecule has 0 fully saturated rings. The molecule has 0 radical (unpaired) electrons. The van der Waals surface area contributed by atoms with Gasteiger partial charge in [-0.25, -0.2) is 9.78 Å². The van der Waals surface area contributed by atoms with Gasteiger partial charge < -0.3 is 30.2 Å². The van der Waals surface area contributed by atoms with Gasteiger partial charge in [0, 0.05) is 22.9 Å². The van der Waals surface area contributed by atoms with E-state index < -0.39 is 11.9 Å². The number of esters is 1. The fourth-order valence-electron chi connectivity index (χ4n) is 3.41. The van der Waals surface area contributed by atoms with E-state index in [1.54, 1.807) is 47.1 Å². The molecule has 29 heavy (non-hydrogen) atoms. The zero-order chi connectivity index (χ0) is 21.3. The summed E-state index contributed by atoms with van der Waals surface area (Å²) in [5.41, 5.74) is 8.65. The molecular weight excluding hydrogens is 392 g/mol. The van der Waals surface area contributed by atoms with Crippen LogP contribution in [0.1, 0.15) is 37.8 Å². The number of methoxy groups -OCH3 is 2. The maximum atomic E-state index is 13.0. The fraction of sp³-hybridized carbons (Fsp3) is 0.350. The van der Waals surface area contributed by atoms with Gasteiger partial charge in [0.2, 0.25) is 0 Å². The molecule has 0 aliphatic carbocycles. The first-order valence-corrected chi connectivity index (χ1v) is 9.48. The number of fused-ring (bicyclic) bond motifs is 1. The molecule has 8 nitrogen and oxygen atoms in total. The van der Waals surface area contributed by atoms with Gasteiger partial charge in [-0.1, -0.05) is 6.07 Å². The number of hydrogen-bond donors (Lipinski definition) is 3. The highest BCUT2D eigenvalue weighted by molar-refractivity contribution is 7.71. The molecule has 4 N–H and O–H groups in total. The Labute approximate surface area is 174 Å². The third-order valence-corrected chi connectivity index (χ3v) is 4.80. The van der Waals surface area contributed by atoms with Gasteiger partial charge in [0.15, 0.2) is 4.77 Å². The summed E-state index contributed by atoms with van der Waals surface area (Å²) < 4.78 is 16.7. The van der Waals surface area contributed by atoms with Crippen LogP contribution in [0.4, 0.5) is 11.6 Å². The maximum Gasteiger partial charge on any atom is 0.337 e. The summed E-state index contributed by atoms with van der Waals surface area (Å²) in [4.78, 5) is 20.3. The summed E-state index contributed by atoms with van der Waals surface area (Å²) in [6.07, 6.45) is -0.278. The number of H-pyrrole nitrogens is 1. The summed E-state index contributed by atoms with van der Waals surface area (Å²) in [5.74, 6) is 0.973. The predicted molar refractivity (Wildman–Crippen MR) is 113 cm³/mol. The number of carbonyl (C=O) groups is 1. The highest BCUT2D eigenvalue weighted by Crippen LogP contribution is 2.46. The zero-order valence-electron chi connectivity index (χ0n) is 17.0. The van der Waals surface area contributed by atoms with E-state index in [4.69, 9.17) is 32.2 Å². The van der Waals surface area contributed by atoms with Crippen molar-refractivity contribution in [3.63, 3.8) is 0 Å². The number of anilines is 2. The van der Waals surface area contributed by atoms with E-state index in [0.717, 1.165) is 5.56 Å². The van der Waals surface area contributed by atoms with Gasteiger partial charge in [0.05, 0.1) is 31.8 Å². The molecule has 9 heteroatoms. The summed E-state index contributed by atoms with van der Waals surface area (Å²) in [6, 6.07) is 5.40.